The first-order valence-corrected chi connectivity index (χ1v) is 9.65. The molecule has 0 saturated heterocycles. The summed E-state index contributed by atoms with van der Waals surface area (Å²) in [6, 6.07) is 16.7. The summed E-state index contributed by atoms with van der Waals surface area (Å²) in [6.07, 6.45) is 1.12. The lowest BCUT2D eigenvalue weighted by molar-refractivity contribution is 0.0543. The molecule has 3 N–H and O–H groups in total. The number of benzene rings is 2. The van der Waals surface area contributed by atoms with Crippen LogP contribution in [0.25, 0.3) is 0 Å². The zero-order valence-electron chi connectivity index (χ0n) is 14.2. The van der Waals surface area contributed by atoms with Crippen LogP contribution in [0.5, 0.6) is 0 Å². The third-order valence-corrected chi connectivity index (χ3v) is 4.47. The number of anilines is 1. The summed E-state index contributed by atoms with van der Waals surface area (Å²) in [4.78, 5) is 0. The normalized spacial score (nSPS) is 15.5. The molecule has 130 valence electrons. The van der Waals surface area contributed by atoms with E-state index < -0.39 is 15.6 Å². The van der Waals surface area contributed by atoms with Crippen molar-refractivity contribution in [2.24, 2.45) is 0 Å². The van der Waals surface area contributed by atoms with Gasteiger partial charge in [-0.05, 0) is 37.1 Å². The molecule has 0 aliphatic carbocycles. The number of aliphatic hydroxyl groups is 1. The first-order valence-electron chi connectivity index (χ1n) is 7.76. The molecule has 2 atom stereocenters. The Labute approximate surface area is 143 Å². The average molecular weight is 348 g/mol. The van der Waals surface area contributed by atoms with Crippen molar-refractivity contribution in [2.75, 3.05) is 17.5 Å². The number of hydrogen-bond donors (Lipinski definition) is 3. The average Bonchev–Trinajstić information content (AvgIpc) is 2.53. The van der Waals surface area contributed by atoms with Gasteiger partial charge < -0.3 is 10.4 Å². The predicted molar refractivity (Wildman–Crippen MR) is 97.3 cm³/mol. The Morgan fingerprint density at radius 1 is 1.08 bits per heavy atom. The van der Waals surface area contributed by atoms with Gasteiger partial charge in [-0.15, -0.1) is 0 Å². The van der Waals surface area contributed by atoms with Crippen molar-refractivity contribution in [3.8, 4) is 0 Å². The van der Waals surface area contributed by atoms with Crippen LogP contribution in [0.2, 0.25) is 0 Å². The van der Waals surface area contributed by atoms with E-state index in [4.69, 9.17) is 0 Å². The van der Waals surface area contributed by atoms with Crippen LogP contribution in [0.15, 0.2) is 54.6 Å². The van der Waals surface area contributed by atoms with E-state index in [1.54, 1.807) is 19.1 Å². The smallest absolute Gasteiger partial charge is 0.229 e. The highest BCUT2D eigenvalue weighted by atomic mass is 32.2. The van der Waals surface area contributed by atoms with E-state index in [0.717, 1.165) is 17.4 Å². The van der Waals surface area contributed by atoms with Crippen molar-refractivity contribution in [2.45, 2.75) is 25.5 Å². The van der Waals surface area contributed by atoms with Crippen molar-refractivity contribution in [3.05, 3.63) is 65.7 Å². The minimum Gasteiger partial charge on any atom is -0.384 e. The third-order valence-electron chi connectivity index (χ3n) is 3.86. The number of sulfonamides is 1. The molecule has 0 saturated carbocycles. The standard InChI is InChI=1S/C18H24N2O3S/c1-14(15-9-11-17(12-10-15)20-24(3,22)23)19-13-18(2,21)16-7-5-4-6-8-16/h4-12,14,19-21H,13H2,1-3H3. The van der Waals surface area contributed by atoms with Gasteiger partial charge in [-0.2, -0.15) is 0 Å². The molecule has 6 heteroatoms. The van der Waals surface area contributed by atoms with Crippen LogP contribution in [0.1, 0.15) is 31.0 Å². The fraction of sp³-hybridized carbons (Fsp3) is 0.333. The van der Waals surface area contributed by atoms with Crippen LogP contribution in [-0.4, -0.2) is 26.3 Å². The molecule has 0 bridgehead atoms. The van der Waals surface area contributed by atoms with Crippen LogP contribution in [-0.2, 0) is 15.6 Å². The highest BCUT2D eigenvalue weighted by molar-refractivity contribution is 7.92. The highest BCUT2D eigenvalue weighted by Crippen LogP contribution is 2.22. The van der Waals surface area contributed by atoms with Crippen LogP contribution in [0, 0.1) is 0 Å². The van der Waals surface area contributed by atoms with Gasteiger partial charge in [0.1, 0.15) is 0 Å². The van der Waals surface area contributed by atoms with E-state index in [1.807, 2.05) is 49.4 Å². The van der Waals surface area contributed by atoms with Gasteiger partial charge in [0.2, 0.25) is 10.0 Å². The maximum Gasteiger partial charge on any atom is 0.229 e. The fourth-order valence-corrected chi connectivity index (χ4v) is 2.99. The molecule has 0 radical (unpaired) electrons. The Morgan fingerprint density at radius 3 is 2.21 bits per heavy atom. The summed E-state index contributed by atoms with van der Waals surface area (Å²) >= 11 is 0. The van der Waals surface area contributed by atoms with Crippen LogP contribution in [0.4, 0.5) is 5.69 Å². The maximum atomic E-state index is 11.2. The molecule has 0 fully saturated rings. The number of hydrogen-bond acceptors (Lipinski definition) is 4. The first-order chi connectivity index (χ1) is 11.2. The van der Waals surface area contributed by atoms with Gasteiger partial charge in [0.05, 0.1) is 11.9 Å². The fourth-order valence-electron chi connectivity index (χ4n) is 2.42. The minimum atomic E-state index is -3.27. The monoisotopic (exact) mass is 348 g/mol. The predicted octanol–water partition coefficient (Wildman–Crippen LogP) is 2.62. The molecule has 0 aliphatic heterocycles. The summed E-state index contributed by atoms with van der Waals surface area (Å²) < 4.78 is 24.9. The quantitative estimate of drug-likeness (QED) is 0.719. The van der Waals surface area contributed by atoms with Gasteiger partial charge in [0.25, 0.3) is 0 Å². The maximum absolute atomic E-state index is 11.2. The minimum absolute atomic E-state index is 0.0208. The van der Waals surface area contributed by atoms with Crippen molar-refractivity contribution in [1.29, 1.82) is 0 Å². The van der Waals surface area contributed by atoms with Crippen LogP contribution in [0.3, 0.4) is 0 Å². The van der Waals surface area contributed by atoms with E-state index in [1.165, 1.54) is 0 Å². The first kappa shape index (κ1) is 18.4. The highest BCUT2D eigenvalue weighted by Gasteiger charge is 2.23. The summed E-state index contributed by atoms with van der Waals surface area (Å²) in [5, 5.41) is 13.9. The molecule has 2 aromatic rings. The summed E-state index contributed by atoms with van der Waals surface area (Å²) in [6.45, 7) is 4.18. The van der Waals surface area contributed by atoms with Gasteiger partial charge in [-0.3, -0.25) is 4.72 Å². The van der Waals surface area contributed by atoms with E-state index >= 15 is 0 Å². The molecule has 24 heavy (non-hydrogen) atoms. The molecule has 0 aromatic heterocycles. The summed E-state index contributed by atoms with van der Waals surface area (Å²) in [7, 11) is -3.27. The molecular weight excluding hydrogens is 324 g/mol. The zero-order chi connectivity index (χ0) is 17.8. The van der Waals surface area contributed by atoms with Gasteiger partial charge >= 0.3 is 0 Å². The van der Waals surface area contributed by atoms with Gasteiger partial charge in [0.15, 0.2) is 0 Å². The molecule has 0 heterocycles. The van der Waals surface area contributed by atoms with Crippen molar-refractivity contribution in [3.63, 3.8) is 0 Å². The van der Waals surface area contributed by atoms with E-state index in [2.05, 4.69) is 10.0 Å². The summed E-state index contributed by atoms with van der Waals surface area (Å²) in [5.74, 6) is 0. The van der Waals surface area contributed by atoms with E-state index in [0.29, 0.717) is 12.2 Å². The summed E-state index contributed by atoms with van der Waals surface area (Å²) in [5.41, 5.74) is 1.44. The zero-order valence-corrected chi connectivity index (χ0v) is 15.0. The third kappa shape index (κ3) is 5.33. The molecule has 2 aromatic carbocycles. The molecule has 0 amide bonds. The second-order valence-corrected chi connectivity index (χ2v) is 7.99. The SMILES string of the molecule is CC(NCC(C)(O)c1ccccc1)c1ccc(NS(C)(=O)=O)cc1. The molecule has 0 aliphatic rings. The second kappa shape index (κ2) is 7.34. The van der Waals surface area contributed by atoms with Gasteiger partial charge in [0, 0.05) is 18.3 Å². The Bertz CT molecular complexity index is 757. The Morgan fingerprint density at radius 2 is 1.67 bits per heavy atom. The number of rotatable bonds is 7. The Balaban J connectivity index is 1.98. The lowest BCUT2D eigenvalue weighted by atomic mass is 9.95. The lowest BCUT2D eigenvalue weighted by Gasteiger charge is -2.26. The lowest BCUT2D eigenvalue weighted by Crippen LogP contribution is -2.36. The molecular formula is C18H24N2O3S. The largest absolute Gasteiger partial charge is 0.384 e. The van der Waals surface area contributed by atoms with Crippen molar-refractivity contribution < 1.29 is 13.5 Å². The van der Waals surface area contributed by atoms with Gasteiger partial charge in [-0.25, -0.2) is 8.42 Å². The van der Waals surface area contributed by atoms with Crippen LogP contribution < -0.4 is 10.0 Å². The van der Waals surface area contributed by atoms with Gasteiger partial charge in [-0.1, -0.05) is 42.5 Å². The molecule has 5 nitrogen and oxygen atoms in total. The number of nitrogens with one attached hydrogen (secondary N) is 2. The Kier molecular flexibility index (Phi) is 5.64. The topological polar surface area (TPSA) is 78.4 Å². The molecule has 2 rings (SSSR count). The molecule has 2 unspecified atom stereocenters. The van der Waals surface area contributed by atoms with Crippen molar-refractivity contribution in [1.82, 2.24) is 5.32 Å². The van der Waals surface area contributed by atoms with Crippen LogP contribution >= 0.6 is 0 Å². The molecule has 0 spiro atoms. The van der Waals surface area contributed by atoms with E-state index in [9.17, 15) is 13.5 Å². The Hall–Kier alpha value is -1.89. The van der Waals surface area contributed by atoms with E-state index in [-0.39, 0.29) is 6.04 Å². The van der Waals surface area contributed by atoms with Crippen molar-refractivity contribution >= 4 is 15.7 Å². The second-order valence-electron chi connectivity index (χ2n) is 6.24.